The van der Waals surface area contributed by atoms with Crippen molar-refractivity contribution in [3.05, 3.63) is 63.7 Å². The van der Waals surface area contributed by atoms with Crippen molar-refractivity contribution >= 4 is 27.4 Å². The maximum Gasteiger partial charge on any atom is 0.516 e. The molecule has 1 heterocycles. The number of carbonyl (C=O) groups excluding carboxylic acids is 1. The molecule has 0 unspecified atom stereocenters. The standard InChI is InChI=1S/C31H33F9N2O5S/c1-16-9-18(11-20(10-16)29(32,33)34)26-17(2)42(27(43)47-26)15-19-14-28(3,4)8-7-21(19)22-12-24(41(5)48(44,45)31(38,39)40)23(30(35,36)37)13-25(22)46-6/h9-13,17,26H,7-8,14-15H2,1-6H3/t17-,26-/m0/s1. The van der Waals surface area contributed by atoms with E-state index in [1.165, 1.54) is 17.9 Å². The Morgan fingerprint density at radius 3 is 2.17 bits per heavy atom. The molecular weight excluding hydrogens is 683 g/mol. The largest absolute Gasteiger partial charge is 0.516 e. The molecule has 1 fully saturated rings. The number of allylic oxidation sites excluding steroid dienone is 1. The predicted molar refractivity (Wildman–Crippen MR) is 157 cm³/mol. The van der Waals surface area contributed by atoms with Gasteiger partial charge < -0.3 is 9.47 Å². The Morgan fingerprint density at radius 2 is 1.62 bits per heavy atom. The molecule has 1 aliphatic heterocycles. The lowest BCUT2D eigenvalue weighted by Crippen LogP contribution is -2.39. The topological polar surface area (TPSA) is 76.2 Å². The first-order valence-corrected chi connectivity index (χ1v) is 15.9. The van der Waals surface area contributed by atoms with E-state index in [1.807, 2.05) is 13.8 Å². The average Bonchev–Trinajstić information content (AvgIpc) is 3.22. The highest BCUT2D eigenvalue weighted by Crippen LogP contribution is 2.49. The van der Waals surface area contributed by atoms with Crippen LogP contribution in [-0.2, 0) is 27.1 Å². The molecule has 0 spiro atoms. The van der Waals surface area contributed by atoms with Crippen LogP contribution in [0, 0.1) is 12.3 Å². The van der Waals surface area contributed by atoms with Crippen LogP contribution in [0.3, 0.4) is 0 Å². The summed E-state index contributed by atoms with van der Waals surface area (Å²) in [5.41, 5.74) is -9.17. The quantitative estimate of drug-likeness (QED) is 0.268. The summed E-state index contributed by atoms with van der Waals surface area (Å²) < 4.78 is 158. The second-order valence-corrected chi connectivity index (χ2v) is 14.7. The Balaban J connectivity index is 1.86. The van der Waals surface area contributed by atoms with E-state index in [9.17, 15) is 52.7 Å². The van der Waals surface area contributed by atoms with Crippen LogP contribution in [0.5, 0.6) is 5.75 Å². The first kappa shape index (κ1) is 37.2. The highest BCUT2D eigenvalue weighted by atomic mass is 32.2. The number of amides is 1. The van der Waals surface area contributed by atoms with Gasteiger partial charge in [-0.2, -0.15) is 47.9 Å². The van der Waals surface area contributed by atoms with Crippen LogP contribution in [0.2, 0.25) is 0 Å². The van der Waals surface area contributed by atoms with Gasteiger partial charge in [0.25, 0.3) is 0 Å². The SMILES string of the molecule is COc1cc(C(F)(F)F)c(N(C)S(=O)(=O)C(F)(F)F)cc1C1=C(CN2C(=O)O[C@H](c3cc(C)cc(C(F)(F)F)c3)[C@@H]2C)CC(C)(C)CC1. The number of rotatable bonds is 7. The zero-order chi connectivity index (χ0) is 36.4. The van der Waals surface area contributed by atoms with Gasteiger partial charge in [0.1, 0.15) is 11.9 Å². The molecule has 0 saturated carbocycles. The smallest absolute Gasteiger partial charge is 0.496 e. The van der Waals surface area contributed by atoms with Crippen LogP contribution in [0.15, 0.2) is 35.9 Å². The highest BCUT2D eigenvalue weighted by Gasteiger charge is 2.51. The Bertz CT molecular complexity index is 1730. The van der Waals surface area contributed by atoms with Crippen molar-refractivity contribution in [2.24, 2.45) is 5.41 Å². The zero-order valence-electron chi connectivity index (χ0n) is 26.6. The maximum atomic E-state index is 14.1. The van der Waals surface area contributed by atoms with Crippen LogP contribution < -0.4 is 9.04 Å². The number of cyclic esters (lactones) is 1. The van der Waals surface area contributed by atoms with E-state index in [4.69, 9.17) is 9.47 Å². The molecule has 2 aromatic carbocycles. The average molecular weight is 717 g/mol. The number of alkyl halides is 9. The molecule has 17 heteroatoms. The fraction of sp³-hybridized carbons (Fsp3) is 0.516. The second-order valence-electron chi connectivity index (χ2n) is 12.7. The van der Waals surface area contributed by atoms with Crippen molar-refractivity contribution in [1.82, 2.24) is 4.90 Å². The summed E-state index contributed by atoms with van der Waals surface area (Å²) in [6.07, 6.45) is -11.1. The van der Waals surface area contributed by atoms with Crippen LogP contribution in [0.4, 0.5) is 50.0 Å². The summed E-state index contributed by atoms with van der Waals surface area (Å²) in [5, 5.41) is 0. The third-order valence-corrected chi connectivity index (χ3v) is 10.1. The van der Waals surface area contributed by atoms with Crippen molar-refractivity contribution < 1.29 is 62.2 Å². The van der Waals surface area contributed by atoms with Gasteiger partial charge in [0, 0.05) is 19.2 Å². The number of aryl methyl sites for hydroxylation is 1. The molecule has 0 N–H and O–H groups in total. The Kier molecular flexibility index (Phi) is 9.58. The molecule has 1 aliphatic carbocycles. The molecule has 4 rings (SSSR count). The monoisotopic (exact) mass is 716 g/mol. The number of carbonyl (C=O) groups is 1. The molecule has 48 heavy (non-hydrogen) atoms. The summed E-state index contributed by atoms with van der Waals surface area (Å²) in [5.74, 6) is -0.398. The van der Waals surface area contributed by atoms with Crippen LogP contribution in [0.1, 0.15) is 74.0 Å². The molecule has 7 nitrogen and oxygen atoms in total. The molecule has 0 radical (unpaired) electrons. The number of sulfonamides is 1. The van der Waals surface area contributed by atoms with Crippen molar-refractivity contribution in [3.63, 3.8) is 0 Å². The normalized spacial score (nSPS) is 20.6. The summed E-state index contributed by atoms with van der Waals surface area (Å²) >= 11 is 0. The molecule has 2 atom stereocenters. The first-order valence-electron chi connectivity index (χ1n) is 14.5. The molecule has 0 aromatic heterocycles. The predicted octanol–water partition coefficient (Wildman–Crippen LogP) is 8.87. The van der Waals surface area contributed by atoms with E-state index in [0.29, 0.717) is 36.7 Å². The van der Waals surface area contributed by atoms with E-state index in [-0.39, 0.29) is 36.1 Å². The number of halogens is 9. The van der Waals surface area contributed by atoms with Gasteiger partial charge in [-0.1, -0.05) is 25.5 Å². The molecule has 266 valence electrons. The fourth-order valence-electron chi connectivity index (χ4n) is 6.14. The van der Waals surface area contributed by atoms with Crippen molar-refractivity contribution in [2.75, 3.05) is 25.0 Å². The number of anilines is 1. The van der Waals surface area contributed by atoms with Gasteiger partial charge in [-0.25, -0.2) is 4.79 Å². The lowest BCUT2D eigenvalue weighted by atomic mass is 9.72. The molecule has 1 amide bonds. The second kappa shape index (κ2) is 12.4. The lowest BCUT2D eigenvalue weighted by Gasteiger charge is -2.36. The lowest BCUT2D eigenvalue weighted by molar-refractivity contribution is -0.138. The van der Waals surface area contributed by atoms with E-state index >= 15 is 0 Å². The van der Waals surface area contributed by atoms with Crippen molar-refractivity contribution in [3.8, 4) is 5.75 Å². The van der Waals surface area contributed by atoms with E-state index in [1.54, 1.807) is 6.92 Å². The van der Waals surface area contributed by atoms with Gasteiger partial charge in [0.05, 0.1) is 30.0 Å². The fourth-order valence-corrected chi connectivity index (χ4v) is 6.86. The minimum absolute atomic E-state index is 0.104. The molecule has 1 saturated heterocycles. The number of methoxy groups -OCH3 is 1. The van der Waals surface area contributed by atoms with Crippen molar-refractivity contribution in [1.29, 1.82) is 0 Å². The Hall–Kier alpha value is -3.63. The van der Waals surface area contributed by atoms with Gasteiger partial charge in [0.15, 0.2) is 0 Å². The molecular formula is C31H33F9N2O5S. The van der Waals surface area contributed by atoms with Gasteiger partial charge in [0.2, 0.25) is 0 Å². The number of ether oxygens (including phenoxy) is 2. The van der Waals surface area contributed by atoms with Crippen LogP contribution in [-0.4, -0.2) is 51.7 Å². The van der Waals surface area contributed by atoms with E-state index < -0.39 is 78.4 Å². The van der Waals surface area contributed by atoms with Crippen LogP contribution >= 0.6 is 0 Å². The number of hydrogen-bond donors (Lipinski definition) is 0. The maximum absolute atomic E-state index is 14.1. The van der Waals surface area contributed by atoms with E-state index in [2.05, 4.69) is 0 Å². The summed E-state index contributed by atoms with van der Waals surface area (Å²) in [6.45, 7) is 6.62. The van der Waals surface area contributed by atoms with Crippen molar-refractivity contribution in [2.45, 2.75) is 77.0 Å². The van der Waals surface area contributed by atoms with E-state index in [0.717, 1.165) is 19.2 Å². The van der Waals surface area contributed by atoms with Gasteiger partial charge in [-0.05, 0) is 79.5 Å². The minimum atomic E-state index is -6.26. The highest BCUT2D eigenvalue weighted by molar-refractivity contribution is 7.93. The Morgan fingerprint density at radius 1 is 1.00 bits per heavy atom. The Labute approximate surface area is 271 Å². The summed E-state index contributed by atoms with van der Waals surface area (Å²) in [4.78, 5) is 14.4. The summed E-state index contributed by atoms with van der Waals surface area (Å²) in [7, 11) is -4.85. The third-order valence-electron chi connectivity index (χ3n) is 8.62. The number of hydrogen-bond acceptors (Lipinski definition) is 5. The molecule has 0 bridgehead atoms. The molecule has 2 aromatic rings. The number of nitrogens with zero attached hydrogens (tertiary/aromatic N) is 2. The van der Waals surface area contributed by atoms with Gasteiger partial charge >= 0.3 is 34.0 Å². The molecule has 2 aliphatic rings. The minimum Gasteiger partial charge on any atom is -0.496 e. The van der Waals surface area contributed by atoms with Gasteiger partial charge in [-0.15, -0.1) is 0 Å². The first-order chi connectivity index (χ1) is 21.8. The third kappa shape index (κ3) is 7.20. The van der Waals surface area contributed by atoms with Crippen LogP contribution in [0.25, 0.3) is 5.57 Å². The number of benzene rings is 2. The van der Waals surface area contributed by atoms with Gasteiger partial charge in [-0.3, -0.25) is 9.21 Å². The zero-order valence-corrected chi connectivity index (χ0v) is 27.4. The summed E-state index contributed by atoms with van der Waals surface area (Å²) in [6, 6.07) is 3.59.